The quantitative estimate of drug-likeness (QED) is 0.764. The number of benzene rings is 2. The van der Waals surface area contributed by atoms with E-state index in [4.69, 9.17) is 20.8 Å². The van der Waals surface area contributed by atoms with E-state index in [0.29, 0.717) is 41.1 Å². The summed E-state index contributed by atoms with van der Waals surface area (Å²) in [5.41, 5.74) is 0.675. The second kappa shape index (κ2) is 7.61. The topological polar surface area (TPSA) is 77.3 Å². The summed E-state index contributed by atoms with van der Waals surface area (Å²) in [7, 11) is 0. The molecule has 3 rings (SSSR count). The van der Waals surface area contributed by atoms with Crippen LogP contribution in [0.15, 0.2) is 59.0 Å². The SMILES string of the molecule is O=C(NCCc1nnc(-c2ccccc2Cl)o1)Oc1ccccc1. The van der Waals surface area contributed by atoms with E-state index in [-0.39, 0.29) is 0 Å². The monoisotopic (exact) mass is 343 g/mol. The van der Waals surface area contributed by atoms with E-state index in [1.807, 2.05) is 18.2 Å². The second-order valence-electron chi connectivity index (χ2n) is 4.86. The Morgan fingerprint density at radius 2 is 1.83 bits per heavy atom. The van der Waals surface area contributed by atoms with Crippen LogP contribution in [0.5, 0.6) is 5.75 Å². The maximum absolute atomic E-state index is 11.7. The van der Waals surface area contributed by atoms with E-state index < -0.39 is 6.09 Å². The first kappa shape index (κ1) is 16.0. The van der Waals surface area contributed by atoms with E-state index in [0.717, 1.165) is 0 Å². The molecule has 0 radical (unpaired) electrons. The van der Waals surface area contributed by atoms with Crippen molar-refractivity contribution in [2.45, 2.75) is 6.42 Å². The number of carbonyl (C=O) groups is 1. The molecular weight excluding hydrogens is 330 g/mol. The third kappa shape index (κ3) is 4.11. The lowest BCUT2D eigenvalue weighted by atomic mass is 10.2. The second-order valence-corrected chi connectivity index (χ2v) is 5.27. The van der Waals surface area contributed by atoms with Gasteiger partial charge in [-0.25, -0.2) is 4.79 Å². The summed E-state index contributed by atoms with van der Waals surface area (Å²) < 4.78 is 10.7. The van der Waals surface area contributed by atoms with E-state index in [2.05, 4.69) is 15.5 Å². The van der Waals surface area contributed by atoms with Crippen molar-refractivity contribution < 1.29 is 13.9 Å². The number of rotatable bonds is 5. The van der Waals surface area contributed by atoms with Crippen molar-refractivity contribution in [3.05, 3.63) is 65.5 Å². The van der Waals surface area contributed by atoms with Gasteiger partial charge in [0, 0.05) is 13.0 Å². The lowest BCUT2D eigenvalue weighted by molar-refractivity contribution is 0.200. The van der Waals surface area contributed by atoms with Gasteiger partial charge in [-0.15, -0.1) is 10.2 Å². The molecule has 122 valence electrons. The van der Waals surface area contributed by atoms with Gasteiger partial charge in [0.25, 0.3) is 0 Å². The van der Waals surface area contributed by atoms with Crippen LogP contribution in [-0.4, -0.2) is 22.8 Å². The molecule has 24 heavy (non-hydrogen) atoms. The van der Waals surface area contributed by atoms with Gasteiger partial charge in [-0.2, -0.15) is 0 Å². The lowest BCUT2D eigenvalue weighted by Gasteiger charge is -2.04. The minimum atomic E-state index is -0.535. The molecule has 0 bridgehead atoms. The molecule has 7 heteroatoms. The van der Waals surface area contributed by atoms with Gasteiger partial charge in [0.2, 0.25) is 11.8 Å². The molecule has 0 aliphatic rings. The highest BCUT2D eigenvalue weighted by molar-refractivity contribution is 6.33. The van der Waals surface area contributed by atoms with Gasteiger partial charge in [-0.05, 0) is 24.3 Å². The molecule has 1 N–H and O–H groups in total. The summed E-state index contributed by atoms with van der Waals surface area (Å²) in [6.07, 6.45) is -0.145. The number of carbonyl (C=O) groups excluding carboxylic acids is 1. The molecule has 1 aromatic heterocycles. The number of para-hydroxylation sites is 1. The van der Waals surface area contributed by atoms with Gasteiger partial charge in [0.05, 0.1) is 10.6 Å². The van der Waals surface area contributed by atoms with Gasteiger partial charge in [-0.3, -0.25) is 0 Å². The number of nitrogens with one attached hydrogen (secondary N) is 1. The Morgan fingerprint density at radius 1 is 1.08 bits per heavy atom. The van der Waals surface area contributed by atoms with E-state index in [1.165, 1.54) is 0 Å². The largest absolute Gasteiger partial charge is 0.421 e. The zero-order chi connectivity index (χ0) is 16.8. The summed E-state index contributed by atoms with van der Waals surface area (Å²) in [6, 6.07) is 16.0. The highest BCUT2D eigenvalue weighted by Gasteiger charge is 2.12. The maximum atomic E-state index is 11.7. The molecule has 1 amide bonds. The van der Waals surface area contributed by atoms with E-state index >= 15 is 0 Å². The fourth-order valence-corrected chi connectivity index (χ4v) is 2.22. The predicted molar refractivity (Wildman–Crippen MR) is 88.9 cm³/mol. The molecule has 0 saturated heterocycles. The molecule has 0 unspecified atom stereocenters. The van der Waals surface area contributed by atoms with Crippen LogP contribution < -0.4 is 10.1 Å². The number of hydrogen-bond acceptors (Lipinski definition) is 5. The van der Waals surface area contributed by atoms with Crippen molar-refractivity contribution in [2.75, 3.05) is 6.54 Å². The van der Waals surface area contributed by atoms with Gasteiger partial charge < -0.3 is 14.5 Å². The van der Waals surface area contributed by atoms with Crippen molar-refractivity contribution in [1.82, 2.24) is 15.5 Å². The fraction of sp³-hybridized carbons (Fsp3) is 0.118. The molecule has 6 nitrogen and oxygen atoms in total. The van der Waals surface area contributed by atoms with Crippen molar-refractivity contribution in [3.8, 4) is 17.2 Å². The molecule has 0 aliphatic carbocycles. The standard InChI is InChI=1S/C17H14ClN3O3/c18-14-9-5-4-8-13(14)16-21-20-15(24-16)10-11-19-17(22)23-12-6-2-1-3-7-12/h1-9H,10-11H2,(H,19,22). The number of halogens is 1. The van der Waals surface area contributed by atoms with Crippen LogP contribution >= 0.6 is 11.6 Å². The van der Waals surface area contributed by atoms with Crippen LogP contribution in [0.25, 0.3) is 11.5 Å². The average molecular weight is 344 g/mol. The van der Waals surface area contributed by atoms with Gasteiger partial charge in [0.1, 0.15) is 5.75 Å². The Kier molecular flexibility index (Phi) is 5.08. The first-order valence-electron chi connectivity index (χ1n) is 7.30. The number of hydrogen-bond donors (Lipinski definition) is 1. The summed E-state index contributed by atoms with van der Waals surface area (Å²) in [5.74, 6) is 1.24. The maximum Gasteiger partial charge on any atom is 0.412 e. The highest BCUT2D eigenvalue weighted by atomic mass is 35.5. The van der Waals surface area contributed by atoms with Crippen LogP contribution in [0.2, 0.25) is 5.02 Å². The summed E-state index contributed by atoms with van der Waals surface area (Å²) >= 11 is 6.09. The Balaban J connectivity index is 1.51. The smallest absolute Gasteiger partial charge is 0.412 e. The van der Waals surface area contributed by atoms with Crippen molar-refractivity contribution in [1.29, 1.82) is 0 Å². The zero-order valence-electron chi connectivity index (χ0n) is 12.6. The molecule has 0 aliphatic heterocycles. The first-order valence-corrected chi connectivity index (χ1v) is 7.68. The third-order valence-electron chi connectivity index (χ3n) is 3.13. The summed E-state index contributed by atoms with van der Waals surface area (Å²) in [5, 5.41) is 11.1. The molecule has 0 spiro atoms. The minimum Gasteiger partial charge on any atom is -0.421 e. The molecule has 0 atom stereocenters. The van der Waals surface area contributed by atoms with Crippen LogP contribution in [0.4, 0.5) is 4.79 Å². The molecule has 1 heterocycles. The highest BCUT2D eigenvalue weighted by Crippen LogP contribution is 2.26. The van der Waals surface area contributed by atoms with Crippen LogP contribution in [0.3, 0.4) is 0 Å². The summed E-state index contributed by atoms with van der Waals surface area (Å²) in [4.78, 5) is 11.7. The molecule has 3 aromatic rings. The average Bonchev–Trinajstić information content (AvgIpc) is 3.05. The van der Waals surface area contributed by atoms with Gasteiger partial charge >= 0.3 is 6.09 Å². The molecule has 2 aromatic carbocycles. The Hall–Kier alpha value is -2.86. The Labute approximate surface area is 143 Å². The van der Waals surface area contributed by atoms with Crippen LogP contribution in [-0.2, 0) is 6.42 Å². The minimum absolute atomic E-state index is 0.315. The van der Waals surface area contributed by atoms with Crippen molar-refractivity contribution >= 4 is 17.7 Å². The van der Waals surface area contributed by atoms with E-state index in [1.54, 1.807) is 36.4 Å². The normalized spacial score (nSPS) is 10.4. The van der Waals surface area contributed by atoms with Crippen LogP contribution in [0, 0.1) is 0 Å². The molecule has 0 saturated carbocycles. The van der Waals surface area contributed by atoms with Gasteiger partial charge in [-0.1, -0.05) is 41.9 Å². The summed E-state index contributed by atoms with van der Waals surface area (Å²) in [6.45, 7) is 0.315. The Morgan fingerprint density at radius 3 is 2.62 bits per heavy atom. The van der Waals surface area contributed by atoms with Crippen molar-refractivity contribution in [3.63, 3.8) is 0 Å². The zero-order valence-corrected chi connectivity index (χ0v) is 13.4. The number of nitrogens with zero attached hydrogens (tertiary/aromatic N) is 2. The van der Waals surface area contributed by atoms with E-state index in [9.17, 15) is 4.79 Å². The fourth-order valence-electron chi connectivity index (χ4n) is 2.00. The number of amides is 1. The number of aromatic nitrogens is 2. The van der Waals surface area contributed by atoms with Crippen LogP contribution in [0.1, 0.15) is 5.89 Å². The molecule has 0 fully saturated rings. The third-order valence-corrected chi connectivity index (χ3v) is 3.46. The first-order chi connectivity index (χ1) is 11.7. The molecular formula is C17H14ClN3O3. The Bertz CT molecular complexity index is 821. The predicted octanol–water partition coefficient (Wildman–Crippen LogP) is 3.72. The number of ether oxygens (including phenoxy) is 1. The lowest BCUT2D eigenvalue weighted by Crippen LogP contribution is -2.28. The van der Waals surface area contributed by atoms with Crippen molar-refractivity contribution in [2.24, 2.45) is 0 Å². The van der Waals surface area contributed by atoms with Gasteiger partial charge in [0.15, 0.2) is 0 Å².